The van der Waals surface area contributed by atoms with Crippen LogP contribution in [0.25, 0.3) is 10.3 Å². The molecule has 1 fully saturated rings. The van der Waals surface area contributed by atoms with Gasteiger partial charge in [-0.3, -0.25) is 4.79 Å². The summed E-state index contributed by atoms with van der Waals surface area (Å²) < 4.78 is 17.2. The Hall–Kier alpha value is -1.98. The average molecular weight is 399 g/mol. The maximum atomic E-state index is 11.5. The molecule has 0 unspecified atom stereocenters. The minimum absolute atomic E-state index is 0.373. The Bertz CT molecular complexity index is 906. The van der Waals surface area contributed by atoms with Gasteiger partial charge in [0.05, 0.1) is 11.3 Å². The molecule has 9 nitrogen and oxygen atoms in total. The van der Waals surface area contributed by atoms with Crippen LogP contribution in [-0.4, -0.2) is 58.5 Å². The predicted octanol–water partition coefficient (Wildman–Crippen LogP) is -0.206. The number of aliphatic hydroxyl groups is 3. The first-order valence-corrected chi connectivity index (χ1v) is 9.14. The number of carbonyl (C=O) groups is 1. The van der Waals surface area contributed by atoms with E-state index < -0.39 is 48.1 Å². The van der Waals surface area contributed by atoms with Crippen molar-refractivity contribution in [3.05, 3.63) is 26.9 Å². The smallest absolute Gasteiger partial charge is 0.396 e. The van der Waals surface area contributed by atoms with E-state index in [9.17, 15) is 24.9 Å². The van der Waals surface area contributed by atoms with E-state index in [1.54, 1.807) is 19.9 Å². The van der Waals surface area contributed by atoms with E-state index in [1.165, 1.54) is 6.92 Å². The molecule has 1 amide bonds. The van der Waals surface area contributed by atoms with Gasteiger partial charge >= 0.3 is 4.94 Å². The van der Waals surface area contributed by atoms with Crippen LogP contribution in [0.5, 0.6) is 5.75 Å². The maximum absolute atomic E-state index is 11.5. The van der Waals surface area contributed by atoms with Crippen molar-refractivity contribution in [1.82, 2.24) is 5.32 Å². The summed E-state index contributed by atoms with van der Waals surface area (Å²) in [6.07, 6.45) is -5.04. The highest BCUT2D eigenvalue weighted by atomic mass is 32.1. The molecule has 1 aliphatic rings. The van der Waals surface area contributed by atoms with E-state index >= 15 is 0 Å². The molecule has 0 radical (unpaired) electrons. The molecule has 1 saturated heterocycles. The Labute approximate surface area is 158 Å². The van der Waals surface area contributed by atoms with Crippen LogP contribution in [0.2, 0.25) is 0 Å². The van der Waals surface area contributed by atoms with Crippen molar-refractivity contribution in [2.45, 2.75) is 51.4 Å². The second-order valence-electron chi connectivity index (χ2n) is 6.46. The summed E-state index contributed by atoms with van der Waals surface area (Å²) in [6, 6.07) is 0.561. The zero-order valence-corrected chi connectivity index (χ0v) is 15.8. The summed E-state index contributed by atoms with van der Waals surface area (Å²) >= 11 is 0.926. The maximum Gasteiger partial charge on any atom is 0.396 e. The van der Waals surface area contributed by atoms with Gasteiger partial charge in [-0.2, -0.15) is 0 Å². The zero-order chi connectivity index (χ0) is 19.9. The van der Waals surface area contributed by atoms with Gasteiger partial charge in [0.25, 0.3) is 0 Å². The van der Waals surface area contributed by atoms with Crippen molar-refractivity contribution in [2.24, 2.45) is 0 Å². The summed E-state index contributed by atoms with van der Waals surface area (Å²) in [4.78, 5) is 22.6. The average Bonchev–Trinajstić information content (AvgIpc) is 2.99. The lowest BCUT2D eigenvalue weighted by Gasteiger charge is -2.42. The Morgan fingerprint density at radius 1 is 1.30 bits per heavy atom. The van der Waals surface area contributed by atoms with E-state index in [1.807, 2.05) is 0 Å². The van der Waals surface area contributed by atoms with E-state index in [0.29, 0.717) is 27.2 Å². The molecule has 148 valence electrons. The number of fused-ring (bicyclic) bond motifs is 1. The van der Waals surface area contributed by atoms with Crippen LogP contribution in [0.4, 0.5) is 0 Å². The molecule has 2 heterocycles. The van der Waals surface area contributed by atoms with Crippen molar-refractivity contribution >= 4 is 27.5 Å². The number of benzene rings is 1. The molecule has 2 aromatic rings. The number of nitrogens with one attached hydrogen (secondary N) is 1. The number of hydrogen-bond donors (Lipinski definition) is 4. The van der Waals surface area contributed by atoms with Crippen LogP contribution < -0.4 is 15.0 Å². The van der Waals surface area contributed by atoms with E-state index in [-0.39, 0.29) is 0 Å². The van der Waals surface area contributed by atoms with Crippen molar-refractivity contribution in [2.75, 3.05) is 6.61 Å². The highest BCUT2D eigenvalue weighted by Gasteiger charge is 2.46. The van der Waals surface area contributed by atoms with Gasteiger partial charge in [-0.1, -0.05) is 11.3 Å². The lowest BCUT2D eigenvalue weighted by Crippen LogP contribution is -2.65. The zero-order valence-electron chi connectivity index (χ0n) is 15.0. The number of ether oxygens (including phenoxy) is 2. The highest BCUT2D eigenvalue weighted by molar-refractivity contribution is 7.16. The van der Waals surface area contributed by atoms with Gasteiger partial charge in [-0.25, -0.2) is 4.79 Å². The van der Waals surface area contributed by atoms with Crippen molar-refractivity contribution < 1.29 is 34.0 Å². The number of aryl methyl sites for hydroxylation is 1. The lowest BCUT2D eigenvalue weighted by atomic mass is 9.97. The molecule has 1 aromatic heterocycles. The van der Waals surface area contributed by atoms with Gasteiger partial charge in [0.2, 0.25) is 12.2 Å². The molecule has 0 aliphatic carbocycles. The standard InChI is InChI=1S/C17H21NO8S/c1-6-7(2)15-11(27-17(23)26-15)4-9(6)24-16-12(18-8(3)20)14(22)13(21)10(5-19)25-16/h4,10,12-14,16,19,21-22H,5H2,1-3H3,(H,18,20)/t10-,12-,13+,14-,16+/m1/s1. The second-order valence-corrected chi connectivity index (χ2v) is 7.43. The van der Waals surface area contributed by atoms with Crippen LogP contribution >= 0.6 is 11.3 Å². The van der Waals surface area contributed by atoms with Gasteiger partial charge in [0.15, 0.2) is 5.58 Å². The summed E-state index contributed by atoms with van der Waals surface area (Å²) in [5.74, 6) is -0.0695. The largest absolute Gasteiger partial charge is 0.462 e. The monoisotopic (exact) mass is 399 g/mol. The first-order valence-electron chi connectivity index (χ1n) is 8.33. The third kappa shape index (κ3) is 3.71. The highest BCUT2D eigenvalue weighted by Crippen LogP contribution is 2.33. The SMILES string of the molecule is CC(=O)N[C@H]1[C@@H](Oc2cc3sc(=O)oc3c(C)c2C)O[C@H](CO)[C@H](O)[C@@H]1O. The molecule has 27 heavy (non-hydrogen) atoms. The molecule has 0 saturated carbocycles. The van der Waals surface area contributed by atoms with Crippen molar-refractivity contribution in [3.63, 3.8) is 0 Å². The third-order valence-electron chi connectivity index (χ3n) is 4.63. The van der Waals surface area contributed by atoms with Crippen LogP contribution in [0.1, 0.15) is 18.1 Å². The van der Waals surface area contributed by atoms with E-state index in [4.69, 9.17) is 13.9 Å². The van der Waals surface area contributed by atoms with Gasteiger partial charge < -0.3 is 34.5 Å². The number of carbonyl (C=O) groups excluding carboxylic acids is 1. The number of rotatable bonds is 4. The Balaban J connectivity index is 1.97. The summed E-state index contributed by atoms with van der Waals surface area (Å²) in [5, 5.41) is 32.3. The molecule has 1 aliphatic heterocycles. The number of amides is 1. The van der Waals surface area contributed by atoms with Crippen LogP contribution in [-0.2, 0) is 9.53 Å². The third-order valence-corrected chi connectivity index (χ3v) is 5.40. The van der Waals surface area contributed by atoms with E-state index in [2.05, 4.69) is 5.32 Å². The number of aliphatic hydroxyl groups excluding tert-OH is 3. The predicted molar refractivity (Wildman–Crippen MR) is 95.8 cm³/mol. The van der Waals surface area contributed by atoms with Gasteiger partial charge in [0, 0.05) is 13.0 Å². The minimum Gasteiger partial charge on any atom is -0.462 e. The van der Waals surface area contributed by atoms with Crippen molar-refractivity contribution in [3.8, 4) is 5.75 Å². The van der Waals surface area contributed by atoms with E-state index in [0.717, 1.165) is 11.3 Å². The summed E-state index contributed by atoms with van der Waals surface area (Å²) in [7, 11) is 0. The van der Waals surface area contributed by atoms with Crippen molar-refractivity contribution in [1.29, 1.82) is 0 Å². The van der Waals surface area contributed by atoms with Gasteiger partial charge in [0.1, 0.15) is 30.1 Å². The summed E-state index contributed by atoms with van der Waals surface area (Å²) in [5.41, 5.74) is 1.88. The van der Waals surface area contributed by atoms with Crippen LogP contribution in [0, 0.1) is 13.8 Å². The molecule has 0 bridgehead atoms. The molecular formula is C17H21NO8S. The molecule has 0 spiro atoms. The first kappa shape index (κ1) is 19.8. The van der Waals surface area contributed by atoms with Gasteiger partial charge in [-0.05, 0) is 25.0 Å². The molecule has 4 N–H and O–H groups in total. The molecular weight excluding hydrogens is 378 g/mol. The molecule has 10 heteroatoms. The number of hydrogen-bond acceptors (Lipinski definition) is 9. The minimum atomic E-state index is -1.40. The normalized spacial score (nSPS) is 28.3. The Morgan fingerprint density at radius 3 is 2.63 bits per heavy atom. The Kier molecular flexibility index (Phi) is 5.54. The second kappa shape index (κ2) is 7.56. The lowest BCUT2D eigenvalue weighted by molar-refractivity contribution is -0.244. The quantitative estimate of drug-likeness (QED) is 0.554. The van der Waals surface area contributed by atoms with Crippen LogP contribution in [0.3, 0.4) is 0 Å². The molecule has 3 rings (SSSR count). The molecule has 1 aromatic carbocycles. The first-order chi connectivity index (χ1) is 12.7. The Morgan fingerprint density at radius 2 is 2.00 bits per heavy atom. The fourth-order valence-corrected chi connectivity index (χ4v) is 3.81. The molecule has 5 atom stereocenters. The van der Waals surface area contributed by atoms with Crippen LogP contribution in [0.15, 0.2) is 15.3 Å². The fraction of sp³-hybridized carbons (Fsp3) is 0.529. The summed E-state index contributed by atoms with van der Waals surface area (Å²) in [6.45, 7) is 4.28. The topological polar surface area (TPSA) is 138 Å². The fourth-order valence-electron chi connectivity index (χ4n) is 3.05. The van der Waals surface area contributed by atoms with Gasteiger partial charge in [-0.15, -0.1) is 0 Å².